The van der Waals surface area contributed by atoms with Gasteiger partial charge in [0.2, 0.25) is 0 Å². The van der Waals surface area contributed by atoms with Crippen molar-refractivity contribution in [2.75, 3.05) is 24.7 Å². The molecule has 0 unspecified atom stereocenters. The molecule has 1 aromatic rings. The van der Waals surface area contributed by atoms with Crippen molar-refractivity contribution in [3.8, 4) is 0 Å². The molecule has 1 aliphatic rings. The minimum Gasteiger partial charge on any atom is -0.368 e. The number of nitrogens with zero attached hydrogens (tertiary/aromatic N) is 1. The average molecular weight is 311 g/mol. The minimum atomic E-state index is -3.24. The van der Waals surface area contributed by atoms with E-state index in [1.807, 2.05) is 0 Å². The Labute approximate surface area is 127 Å². The molecule has 0 atom stereocenters. The third-order valence-corrected chi connectivity index (χ3v) is 5.00. The molecule has 0 radical (unpaired) electrons. The van der Waals surface area contributed by atoms with Crippen LogP contribution in [0.4, 0.5) is 5.82 Å². The number of nitrogens with one attached hydrogen (secondary N) is 2. The molecule has 1 aliphatic carbocycles. The van der Waals surface area contributed by atoms with E-state index in [-0.39, 0.29) is 4.90 Å². The van der Waals surface area contributed by atoms with Gasteiger partial charge in [0.05, 0.1) is 0 Å². The smallest absolute Gasteiger partial charge is 0.179 e. The van der Waals surface area contributed by atoms with Gasteiger partial charge in [0.15, 0.2) is 9.84 Å². The lowest BCUT2D eigenvalue weighted by Gasteiger charge is -2.16. The van der Waals surface area contributed by atoms with Crippen LogP contribution in [0.3, 0.4) is 0 Å². The molecule has 1 heterocycles. The predicted molar refractivity (Wildman–Crippen MR) is 85.3 cm³/mol. The Hall–Kier alpha value is -1.14. The van der Waals surface area contributed by atoms with E-state index in [1.54, 1.807) is 18.3 Å². The summed E-state index contributed by atoms with van der Waals surface area (Å²) in [7, 11) is -3.24. The van der Waals surface area contributed by atoms with Crippen LogP contribution in [0.2, 0.25) is 0 Å². The Morgan fingerprint density at radius 1 is 1.19 bits per heavy atom. The van der Waals surface area contributed by atoms with Gasteiger partial charge in [-0.05, 0) is 25.0 Å². The van der Waals surface area contributed by atoms with E-state index < -0.39 is 9.84 Å². The predicted octanol–water partition coefficient (Wildman–Crippen LogP) is 2.21. The number of hydrogen-bond acceptors (Lipinski definition) is 5. The first-order valence-electron chi connectivity index (χ1n) is 7.70. The van der Waals surface area contributed by atoms with Crippen molar-refractivity contribution in [2.24, 2.45) is 0 Å². The van der Waals surface area contributed by atoms with Crippen molar-refractivity contribution >= 4 is 15.7 Å². The molecule has 21 heavy (non-hydrogen) atoms. The van der Waals surface area contributed by atoms with Crippen LogP contribution < -0.4 is 10.6 Å². The highest BCUT2D eigenvalue weighted by atomic mass is 32.2. The van der Waals surface area contributed by atoms with Crippen molar-refractivity contribution < 1.29 is 8.42 Å². The van der Waals surface area contributed by atoms with E-state index in [9.17, 15) is 8.42 Å². The largest absolute Gasteiger partial charge is 0.368 e. The maximum absolute atomic E-state index is 11.7. The van der Waals surface area contributed by atoms with Crippen LogP contribution in [0.5, 0.6) is 0 Å². The summed E-state index contributed by atoms with van der Waals surface area (Å²) >= 11 is 0. The van der Waals surface area contributed by atoms with Crippen molar-refractivity contribution in [1.82, 2.24) is 10.3 Å². The lowest BCUT2D eigenvalue weighted by atomic mass is 10.1. The molecule has 0 amide bonds. The van der Waals surface area contributed by atoms with E-state index in [4.69, 9.17) is 0 Å². The fourth-order valence-corrected chi connectivity index (χ4v) is 3.57. The normalized spacial score (nSPS) is 17.4. The topological polar surface area (TPSA) is 71.1 Å². The zero-order chi connectivity index (χ0) is 15.1. The van der Waals surface area contributed by atoms with E-state index in [0.29, 0.717) is 18.4 Å². The van der Waals surface area contributed by atoms with Crippen molar-refractivity contribution in [3.05, 3.63) is 18.3 Å². The maximum atomic E-state index is 11.7. The lowest BCUT2D eigenvalue weighted by molar-refractivity contribution is 0.468. The molecule has 118 valence electrons. The molecule has 2 rings (SSSR count). The SMILES string of the molecule is CS(=O)(=O)c1cccnc1NCCNC1CCCCCC1. The molecule has 0 aliphatic heterocycles. The fraction of sp³-hybridized carbons (Fsp3) is 0.667. The highest BCUT2D eigenvalue weighted by molar-refractivity contribution is 7.90. The first-order valence-corrected chi connectivity index (χ1v) is 9.59. The van der Waals surface area contributed by atoms with E-state index >= 15 is 0 Å². The maximum Gasteiger partial charge on any atom is 0.179 e. The van der Waals surface area contributed by atoms with Gasteiger partial charge in [-0.15, -0.1) is 0 Å². The quantitative estimate of drug-likeness (QED) is 0.622. The summed E-state index contributed by atoms with van der Waals surface area (Å²) in [6, 6.07) is 3.83. The molecule has 1 fully saturated rings. The van der Waals surface area contributed by atoms with E-state index in [1.165, 1.54) is 44.8 Å². The standard InChI is InChI=1S/C15H25N3O2S/c1-21(19,20)14-9-6-10-17-15(14)18-12-11-16-13-7-4-2-3-5-8-13/h6,9-10,13,16H,2-5,7-8,11-12H2,1H3,(H,17,18). The Morgan fingerprint density at radius 3 is 2.57 bits per heavy atom. The summed E-state index contributed by atoms with van der Waals surface area (Å²) in [6.07, 6.45) is 10.6. The highest BCUT2D eigenvalue weighted by Crippen LogP contribution is 2.18. The number of aromatic nitrogens is 1. The molecule has 0 saturated heterocycles. The zero-order valence-corrected chi connectivity index (χ0v) is 13.5. The monoisotopic (exact) mass is 311 g/mol. The van der Waals surface area contributed by atoms with Gasteiger partial charge in [-0.3, -0.25) is 0 Å². The third kappa shape index (κ3) is 5.28. The van der Waals surface area contributed by atoms with Crippen LogP contribution in [-0.2, 0) is 9.84 Å². The molecular weight excluding hydrogens is 286 g/mol. The third-order valence-electron chi connectivity index (χ3n) is 3.88. The number of hydrogen-bond donors (Lipinski definition) is 2. The summed E-state index contributed by atoms with van der Waals surface area (Å²) in [6.45, 7) is 1.50. The Bertz CT molecular complexity index is 538. The van der Waals surface area contributed by atoms with Gasteiger partial charge in [-0.2, -0.15) is 0 Å². The van der Waals surface area contributed by atoms with Crippen LogP contribution in [0, 0.1) is 0 Å². The van der Waals surface area contributed by atoms with Gasteiger partial charge in [0.1, 0.15) is 10.7 Å². The van der Waals surface area contributed by atoms with E-state index in [0.717, 1.165) is 6.54 Å². The summed E-state index contributed by atoms with van der Waals surface area (Å²) in [5.74, 6) is 0.447. The van der Waals surface area contributed by atoms with Gasteiger partial charge in [0, 0.05) is 31.6 Å². The Kier molecular flexibility index (Phi) is 5.99. The van der Waals surface area contributed by atoms with Gasteiger partial charge >= 0.3 is 0 Å². The van der Waals surface area contributed by atoms with Crippen LogP contribution in [-0.4, -0.2) is 38.8 Å². The molecule has 5 nitrogen and oxygen atoms in total. The lowest BCUT2D eigenvalue weighted by Crippen LogP contribution is -2.32. The number of rotatable bonds is 6. The van der Waals surface area contributed by atoms with Gasteiger partial charge in [-0.1, -0.05) is 25.7 Å². The summed E-state index contributed by atoms with van der Waals surface area (Å²) in [4.78, 5) is 4.39. The molecule has 6 heteroatoms. The van der Waals surface area contributed by atoms with Crippen molar-refractivity contribution in [3.63, 3.8) is 0 Å². The molecule has 1 aromatic heterocycles. The van der Waals surface area contributed by atoms with E-state index in [2.05, 4.69) is 15.6 Å². The Balaban J connectivity index is 1.81. The second kappa shape index (κ2) is 7.75. The van der Waals surface area contributed by atoms with Gasteiger partial charge in [-0.25, -0.2) is 13.4 Å². The highest BCUT2D eigenvalue weighted by Gasteiger charge is 2.14. The molecule has 0 aromatic carbocycles. The average Bonchev–Trinajstić information content (AvgIpc) is 2.72. The van der Waals surface area contributed by atoms with Crippen LogP contribution in [0.15, 0.2) is 23.2 Å². The molecule has 0 spiro atoms. The van der Waals surface area contributed by atoms with Crippen molar-refractivity contribution in [1.29, 1.82) is 0 Å². The second-order valence-electron chi connectivity index (χ2n) is 5.69. The zero-order valence-electron chi connectivity index (χ0n) is 12.6. The number of anilines is 1. The van der Waals surface area contributed by atoms with Crippen molar-refractivity contribution in [2.45, 2.75) is 49.5 Å². The van der Waals surface area contributed by atoms with Crippen LogP contribution in [0.25, 0.3) is 0 Å². The van der Waals surface area contributed by atoms with Crippen LogP contribution >= 0.6 is 0 Å². The first kappa shape index (κ1) is 16.2. The summed E-state index contributed by atoms with van der Waals surface area (Å²) in [5, 5.41) is 6.67. The first-order chi connectivity index (χ1) is 10.1. The number of pyridine rings is 1. The fourth-order valence-electron chi connectivity index (χ4n) is 2.76. The summed E-state index contributed by atoms with van der Waals surface area (Å²) < 4.78 is 23.4. The second-order valence-corrected chi connectivity index (χ2v) is 7.68. The number of sulfone groups is 1. The molecule has 1 saturated carbocycles. The molecule has 2 N–H and O–H groups in total. The minimum absolute atomic E-state index is 0.263. The summed E-state index contributed by atoms with van der Waals surface area (Å²) in [5.41, 5.74) is 0. The van der Waals surface area contributed by atoms with Crippen LogP contribution in [0.1, 0.15) is 38.5 Å². The Morgan fingerprint density at radius 2 is 1.90 bits per heavy atom. The molecule has 0 bridgehead atoms. The van der Waals surface area contributed by atoms with Gasteiger partial charge in [0.25, 0.3) is 0 Å². The van der Waals surface area contributed by atoms with Gasteiger partial charge < -0.3 is 10.6 Å². The molecular formula is C15H25N3O2S.